The molecule has 214 valence electrons. The van der Waals surface area contributed by atoms with E-state index in [1.165, 1.54) is 29.2 Å². The molecule has 1 fully saturated rings. The Hall–Kier alpha value is -4.61. The molecular formula is C28H21F3N6O4S. The summed E-state index contributed by atoms with van der Waals surface area (Å²) in [6.45, 7) is -0.0497. The first kappa shape index (κ1) is 27.6. The minimum absolute atomic E-state index is 0.0497. The van der Waals surface area contributed by atoms with Crippen LogP contribution < -0.4 is 10.6 Å². The van der Waals surface area contributed by atoms with Crippen LogP contribution in [0, 0.1) is 11.3 Å². The van der Waals surface area contributed by atoms with Crippen molar-refractivity contribution in [1.82, 2.24) is 15.2 Å². The van der Waals surface area contributed by atoms with E-state index in [-0.39, 0.29) is 28.9 Å². The van der Waals surface area contributed by atoms with Gasteiger partial charge in [-0.05, 0) is 48.7 Å². The van der Waals surface area contributed by atoms with Crippen molar-refractivity contribution >= 4 is 21.4 Å². The highest BCUT2D eigenvalue weighted by Gasteiger charge is 2.50. The van der Waals surface area contributed by atoms with E-state index in [0.29, 0.717) is 35.2 Å². The Morgan fingerprint density at radius 2 is 1.79 bits per heavy atom. The fourth-order valence-electron chi connectivity index (χ4n) is 4.73. The number of nitrogens with two attached hydrogens (primary N) is 1. The van der Waals surface area contributed by atoms with Crippen LogP contribution in [0.2, 0.25) is 0 Å². The van der Waals surface area contributed by atoms with Gasteiger partial charge in [-0.15, -0.1) is 10.2 Å². The summed E-state index contributed by atoms with van der Waals surface area (Å²) in [4.78, 5) is 18.5. The smallest absolute Gasteiger partial charge is 0.417 e. The molecule has 10 nitrogen and oxygen atoms in total. The molecule has 1 aliphatic carbocycles. The van der Waals surface area contributed by atoms with Crippen molar-refractivity contribution in [3.05, 3.63) is 77.8 Å². The molecule has 1 amide bonds. The second-order valence-electron chi connectivity index (χ2n) is 10.2. The number of sulfone groups is 1. The second kappa shape index (κ2) is 9.74. The fourth-order valence-corrected chi connectivity index (χ4v) is 6.29. The number of hydrogen-bond acceptors (Lipinski definition) is 9. The number of fused-ring (bicyclic) bond motifs is 1. The van der Waals surface area contributed by atoms with Crippen LogP contribution in [0.1, 0.15) is 29.9 Å². The van der Waals surface area contributed by atoms with Gasteiger partial charge in [0.1, 0.15) is 5.41 Å². The number of rotatable bonds is 5. The zero-order valence-corrected chi connectivity index (χ0v) is 22.5. The third kappa shape index (κ3) is 4.90. The van der Waals surface area contributed by atoms with Gasteiger partial charge in [0.2, 0.25) is 17.7 Å². The highest BCUT2D eigenvalue weighted by atomic mass is 32.2. The van der Waals surface area contributed by atoms with Gasteiger partial charge in [-0.2, -0.15) is 18.4 Å². The molecule has 0 bridgehead atoms. The van der Waals surface area contributed by atoms with E-state index in [2.05, 4.69) is 21.3 Å². The summed E-state index contributed by atoms with van der Waals surface area (Å²) in [5, 5.41) is 17.5. The Labute approximate surface area is 237 Å². The number of carbonyl (C=O) groups is 1. The van der Waals surface area contributed by atoms with E-state index < -0.39 is 44.7 Å². The average molecular weight is 595 g/mol. The molecule has 42 heavy (non-hydrogen) atoms. The van der Waals surface area contributed by atoms with Crippen molar-refractivity contribution in [3.63, 3.8) is 0 Å². The summed E-state index contributed by atoms with van der Waals surface area (Å²) < 4.78 is 70.7. The van der Waals surface area contributed by atoms with Crippen molar-refractivity contribution in [3.8, 4) is 28.8 Å². The second-order valence-corrected chi connectivity index (χ2v) is 12.2. The minimum atomic E-state index is -4.50. The number of anilines is 1. The monoisotopic (exact) mass is 594 g/mol. The van der Waals surface area contributed by atoms with Gasteiger partial charge in [-0.1, -0.05) is 24.3 Å². The Morgan fingerprint density at radius 3 is 2.40 bits per heavy atom. The summed E-state index contributed by atoms with van der Waals surface area (Å²) >= 11 is 0. The highest BCUT2D eigenvalue weighted by Crippen LogP contribution is 2.47. The molecular weight excluding hydrogens is 573 g/mol. The first-order valence-electron chi connectivity index (χ1n) is 12.7. The van der Waals surface area contributed by atoms with E-state index >= 15 is 0 Å². The quantitative estimate of drug-likeness (QED) is 0.361. The number of nitriles is 1. The first-order chi connectivity index (χ1) is 19.9. The van der Waals surface area contributed by atoms with E-state index in [9.17, 15) is 31.6 Å². The summed E-state index contributed by atoms with van der Waals surface area (Å²) in [5.41, 5.74) is 6.26. The number of aromatic nitrogens is 3. The Kier molecular flexibility index (Phi) is 6.39. The molecule has 2 aliphatic rings. The number of nitrogens with zero attached hydrogens (tertiary/aromatic N) is 5. The molecule has 2 N–H and O–H groups in total. The summed E-state index contributed by atoms with van der Waals surface area (Å²) in [6, 6.07) is 14.0. The number of carbonyl (C=O) groups excluding carboxylic acids is 1. The van der Waals surface area contributed by atoms with Crippen molar-refractivity contribution in [2.75, 3.05) is 10.7 Å². The van der Waals surface area contributed by atoms with Crippen LogP contribution in [0.4, 0.5) is 18.9 Å². The topological polar surface area (TPSA) is 156 Å². The lowest BCUT2D eigenvalue weighted by Crippen LogP contribution is -2.45. The number of alkyl halides is 3. The van der Waals surface area contributed by atoms with Crippen LogP contribution in [0.25, 0.3) is 22.7 Å². The standard InChI is InChI=1S/C28H21F3N6O4S/c29-28(30,31)19-6-7-21(34-12-19)17-3-1-16(2-4-17)13-37-22-11-18(24-35-36-26(41-24)27(15-32)9-10-27)5-8-23(22)42(39,40)14-20(33)25(37)38/h1-8,11-12,20H,9-10,13-14,33H2/t20-/m0/s1. The van der Waals surface area contributed by atoms with E-state index in [4.69, 9.17) is 10.2 Å². The van der Waals surface area contributed by atoms with Gasteiger partial charge in [0.25, 0.3) is 0 Å². The van der Waals surface area contributed by atoms with Gasteiger partial charge in [-0.3, -0.25) is 9.78 Å². The van der Waals surface area contributed by atoms with Crippen molar-refractivity contribution in [2.24, 2.45) is 5.73 Å². The number of pyridine rings is 1. The van der Waals surface area contributed by atoms with Crippen LogP contribution in [-0.4, -0.2) is 41.3 Å². The van der Waals surface area contributed by atoms with Gasteiger partial charge >= 0.3 is 6.18 Å². The molecule has 0 unspecified atom stereocenters. The van der Waals surface area contributed by atoms with Gasteiger partial charge in [0.05, 0.1) is 46.2 Å². The Balaban J connectivity index is 1.34. The summed E-state index contributed by atoms with van der Waals surface area (Å²) in [5.74, 6) is -0.945. The Bertz CT molecular complexity index is 1840. The van der Waals surface area contributed by atoms with Crippen LogP contribution >= 0.6 is 0 Å². The minimum Gasteiger partial charge on any atom is -0.419 e. The van der Waals surface area contributed by atoms with Crippen molar-refractivity contribution < 1.29 is 30.8 Å². The fraction of sp³-hybridized carbons (Fsp3) is 0.250. The average Bonchev–Trinajstić information content (AvgIpc) is 3.62. The zero-order valence-electron chi connectivity index (χ0n) is 21.7. The lowest BCUT2D eigenvalue weighted by atomic mass is 10.1. The first-order valence-corrected chi connectivity index (χ1v) is 14.4. The molecule has 2 aromatic carbocycles. The third-order valence-electron chi connectivity index (χ3n) is 7.29. The lowest BCUT2D eigenvalue weighted by Gasteiger charge is -2.24. The van der Waals surface area contributed by atoms with Gasteiger partial charge in [-0.25, -0.2) is 8.42 Å². The molecule has 0 saturated heterocycles. The number of hydrogen-bond donors (Lipinski definition) is 1. The maximum atomic E-state index is 13.4. The molecule has 1 atom stereocenters. The molecule has 1 saturated carbocycles. The molecule has 2 aromatic heterocycles. The van der Waals surface area contributed by atoms with Gasteiger partial charge in [0, 0.05) is 17.3 Å². The molecule has 3 heterocycles. The van der Waals surface area contributed by atoms with Crippen molar-refractivity contribution in [2.45, 2.75) is 41.9 Å². The van der Waals surface area contributed by atoms with Crippen molar-refractivity contribution in [1.29, 1.82) is 5.26 Å². The summed E-state index contributed by atoms with van der Waals surface area (Å²) in [6.07, 6.45) is -2.54. The maximum Gasteiger partial charge on any atom is 0.417 e. The number of benzene rings is 2. The molecule has 0 radical (unpaired) electrons. The molecule has 4 aromatic rings. The van der Waals surface area contributed by atoms with Crippen LogP contribution in [0.5, 0.6) is 0 Å². The maximum absolute atomic E-state index is 13.4. The largest absolute Gasteiger partial charge is 0.419 e. The third-order valence-corrected chi connectivity index (χ3v) is 9.11. The SMILES string of the molecule is N#CC1(c2nnc(-c3ccc4c(c3)N(Cc3ccc(-c5ccc(C(F)(F)F)cn5)cc3)C(=O)[C@@H](N)CS4(=O)=O)o2)CC1. The molecule has 0 spiro atoms. The predicted octanol–water partition coefficient (Wildman–Crippen LogP) is 4.02. The predicted molar refractivity (Wildman–Crippen MR) is 142 cm³/mol. The van der Waals surface area contributed by atoms with E-state index in [0.717, 1.165) is 12.3 Å². The van der Waals surface area contributed by atoms with E-state index in [1.54, 1.807) is 24.3 Å². The molecule has 6 rings (SSSR count). The molecule has 1 aliphatic heterocycles. The number of amides is 1. The van der Waals surface area contributed by atoms with Crippen LogP contribution in [0.15, 0.2) is 70.1 Å². The zero-order chi connectivity index (χ0) is 29.9. The summed E-state index contributed by atoms with van der Waals surface area (Å²) in [7, 11) is -3.94. The molecule has 14 heteroatoms. The lowest BCUT2D eigenvalue weighted by molar-refractivity contribution is -0.137. The van der Waals surface area contributed by atoms with Gasteiger partial charge in [0.15, 0.2) is 9.84 Å². The highest BCUT2D eigenvalue weighted by molar-refractivity contribution is 7.91. The normalized spacial score (nSPS) is 19.1. The Morgan fingerprint density at radius 1 is 1.07 bits per heavy atom. The van der Waals surface area contributed by atoms with Gasteiger partial charge < -0.3 is 15.1 Å². The van der Waals surface area contributed by atoms with Crippen LogP contribution in [-0.2, 0) is 32.8 Å². The number of halogens is 3. The van der Waals surface area contributed by atoms with E-state index in [1.807, 2.05) is 0 Å². The van der Waals surface area contributed by atoms with Crippen LogP contribution in [0.3, 0.4) is 0 Å².